The van der Waals surface area contributed by atoms with Gasteiger partial charge < -0.3 is 5.11 Å². The fraction of sp³-hybridized carbons (Fsp3) is 0.429. The summed E-state index contributed by atoms with van der Waals surface area (Å²) in [5.41, 5.74) is 0. The first-order chi connectivity index (χ1) is 8.31. The summed E-state index contributed by atoms with van der Waals surface area (Å²) in [4.78, 5) is 3.95. The van der Waals surface area contributed by atoms with Crippen LogP contribution in [-0.4, -0.2) is 23.1 Å². The molecule has 0 unspecified atom stereocenters. The van der Waals surface area contributed by atoms with Gasteiger partial charge in [-0.05, 0) is 55.6 Å². The van der Waals surface area contributed by atoms with Gasteiger partial charge in [-0.25, -0.2) is 0 Å². The van der Waals surface area contributed by atoms with Gasteiger partial charge in [0.1, 0.15) is 5.75 Å². The lowest BCUT2D eigenvalue weighted by Gasteiger charge is -2.25. The Morgan fingerprint density at radius 3 is 2.76 bits per heavy atom. The number of rotatable bonds is 2. The van der Waals surface area contributed by atoms with Gasteiger partial charge in [0.25, 0.3) is 0 Å². The van der Waals surface area contributed by atoms with Crippen LogP contribution < -0.4 is 0 Å². The Kier molecular flexibility index (Phi) is 3.04. The maximum atomic E-state index is 9.46. The molecule has 1 N–H and O–H groups in total. The number of nitrogens with zero attached hydrogens (tertiary/aromatic N) is 1. The van der Waals surface area contributed by atoms with Crippen LogP contribution in [0.25, 0.3) is 10.1 Å². The quantitative estimate of drug-likeness (QED) is 0.876. The zero-order valence-corrected chi connectivity index (χ0v) is 10.7. The number of likely N-dealkylation sites (tertiary alicyclic amines) is 1. The second kappa shape index (κ2) is 4.67. The average molecular weight is 247 g/mol. The predicted octanol–water partition coefficient (Wildman–Crippen LogP) is 3.59. The van der Waals surface area contributed by atoms with Crippen LogP contribution >= 0.6 is 11.3 Å². The normalized spacial score (nSPS) is 17.6. The zero-order valence-electron chi connectivity index (χ0n) is 9.85. The van der Waals surface area contributed by atoms with Crippen LogP contribution in [-0.2, 0) is 6.54 Å². The number of hydrogen-bond acceptors (Lipinski definition) is 3. The highest BCUT2D eigenvalue weighted by Gasteiger charge is 2.12. The highest BCUT2D eigenvalue weighted by molar-refractivity contribution is 7.19. The van der Waals surface area contributed by atoms with Gasteiger partial charge in [0.05, 0.1) is 0 Å². The smallest absolute Gasteiger partial charge is 0.116 e. The molecular weight excluding hydrogens is 230 g/mol. The molecule has 1 aromatic heterocycles. The zero-order chi connectivity index (χ0) is 11.7. The molecule has 2 nitrogen and oxygen atoms in total. The predicted molar refractivity (Wildman–Crippen MR) is 72.6 cm³/mol. The van der Waals surface area contributed by atoms with Gasteiger partial charge >= 0.3 is 0 Å². The molecule has 0 spiro atoms. The van der Waals surface area contributed by atoms with E-state index in [2.05, 4.69) is 11.0 Å². The van der Waals surface area contributed by atoms with E-state index in [4.69, 9.17) is 0 Å². The maximum absolute atomic E-state index is 9.46. The Balaban J connectivity index is 1.80. The summed E-state index contributed by atoms with van der Waals surface area (Å²) in [7, 11) is 0. The molecule has 0 radical (unpaired) electrons. The SMILES string of the molecule is Oc1ccc2sc(CN3CCCCC3)cc2c1. The van der Waals surface area contributed by atoms with Gasteiger partial charge in [0.2, 0.25) is 0 Å². The summed E-state index contributed by atoms with van der Waals surface area (Å²) < 4.78 is 1.27. The fourth-order valence-electron chi connectivity index (χ4n) is 2.50. The van der Waals surface area contributed by atoms with E-state index in [-0.39, 0.29) is 0 Å². The summed E-state index contributed by atoms with van der Waals surface area (Å²) in [5.74, 6) is 0.361. The molecule has 1 saturated heterocycles. The van der Waals surface area contributed by atoms with Crippen LogP contribution in [0.3, 0.4) is 0 Å². The molecule has 2 aromatic rings. The van der Waals surface area contributed by atoms with E-state index in [9.17, 15) is 5.11 Å². The van der Waals surface area contributed by atoms with Crippen LogP contribution in [0.2, 0.25) is 0 Å². The first-order valence-electron chi connectivity index (χ1n) is 6.25. The lowest BCUT2D eigenvalue weighted by atomic mass is 10.1. The number of phenolic OH excluding ortho intramolecular Hbond substituents is 1. The Labute approximate surface area is 105 Å². The summed E-state index contributed by atoms with van der Waals surface area (Å²) in [6.45, 7) is 3.54. The highest BCUT2D eigenvalue weighted by Crippen LogP contribution is 2.29. The summed E-state index contributed by atoms with van der Waals surface area (Å²) in [6.07, 6.45) is 4.06. The van der Waals surface area contributed by atoms with Crippen LogP contribution in [0.4, 0.5) is 0 Å². The van der Waals surface area contributed by atoms with E-state index in [1.54, 1.807) is 6.07 Å². The minimum Gasteiger partial charge on any atom is -0.508 e. The highest BCUT2D eigenvalue weighted by atomic mass is 32.1. The van der Waals surface area contributed by atoms with Gasteiger partial charge in [-0.2, -0.15) is 0 Å². The van der Waals surface area contributed by atoms with E-state index < -0.39 is 0 Å². The van der Waals surface area contributed by atoms with Gasteiger partial charge in [-0.3, -0.25) is 4.90 Å². The third-order valence-electron chi connectivity index (χ3n) is 3.38. The molecule has 0 aliphatic carbocycles. The molecule has 1 fully saturated rings. The monoisotopic (exact) mass is 247 g/mol. The van der Waals surface area contributed by atoms with Gasteiger partial charge in [0, 0.05) is 16.1 Å². The number of aromatic hydroxyl groups is 1. The van der Waals surface area contributed by atoms with Crippen LogP contribution in [0, 0.1) is 0 Å². The Morgan fingerprint density at radius 1 is 1.12 bits per heavy atom. The van der Waals surface area contributed by atoms with Crippen molar-refractivity contribution in [3.63, 3.8) is 0 Å². The largest absolute Gasteiger partial charge is 0.508 e. The van der Waals surface area contributed by atoms with Crippen LogP contribution in [0.1, 0.15) is 24.1 Å². The molecule has 0 amide bonds. The van der Waals surface area contributed by atoms with Gasteiger partial charge in [0.15, 0.2) is 0 Å². The van der Waals surface area contributed by atoms with Crippen LogP contribution in [0.5, 0.6) is 5.75 Å². The standard InChI is InChI=1S/C14H17NOS/c16-12-4-5-14-11(8-12)9-13(17-14)10-15-6-2-1-3-7-15/h4-5,8-9,16H,1-3,6-7,10H2. The second-order valence-corrected chi connectivity index (χ2v) is 5.94. The molecule has 17 heavy (non-hydrogen) atoms. The molecular formula is C14H17NOS. The molecule has 0 atom stereocenters. The van der Waals surface area contributed by atoms with Crippen molar-refractivity contribution in [1.29, 1.82) is 0 Å². The minimum atomic E-state index is 0.361. The number of fused-ring (bicyclic) bond motifs is 1. The van der Waals surface area contributed by atoms with E-state index in [0.717, 1.165) is 6.54 Å². The van der Waals surface area contributed by atoms with Crippen LogP contribution in [0.15, 0.2) is 24.3 Å². The number of piperidine rings is 1. The number of thiophene rings is 1. The Bertz CT molecular complexity index is 514. The van der Waals surface area contributed by atoms with Crippen molar-refractivity contribution in [2.45, 2.75) is 25.8 Å². The molecule has 1 aromatic carbocycles. The molecule has 0 saturated carbocycles. The third-order valence-corrected chi connectivity index (χ3v) is 4.48. The lowest BCUT2D eigenvalue weighted by molar-refractivity contribution is 0.223. The second-order valence-electron chi connectivity index (χ2n) is 4.77. The summed E-state index contributed by atoms with van der Waals surface area (Å²) in [6, 6.07) is 7.85. The molecule has 3 heteroatoms. The van der Waals surface area contributed by atoms with E-state index in [1.165, 1.54) is 47.3 Å². The molecule has 2 heterocycles. The molecule has 3 rings (SSSR count). The topological polar surface area (TPSA) is 23.5 Å². The van der Waals surface area contributed by atoms with Crippen molar-refractivity contribution < 1.29 is 5.11 Å². The van der Waals surface area contributed by atoms with Crippen molar-refractivity contribution in [2.24, 2.45) is 0 Å². The third kappa shape index (κ3) is 2.45. The number of benzene rings is 1. The van der Waals surface area contributed by atoms with Crippen molar-refractivity contribution in [2.75, 3.05) is 13.1 Å². The summed E-state index contributed by atoms with van der Waals surface area (Å²) >= 11 is 1.85. The summed E-state index contributed by atoms with van der Waals surface area (Å²) in [5, 5.41) is 10.6. The molecule has 1 aliphatic heterocycles. The van der Waals surface area contributed by atoms with E-state index in [1.807, 2.05) is 23.5 Å². The van der Waals surface area contributed by atoms with E-state index >= 15 is 0 Å². The first kappa shape index (κ1) is 11.1. The maximum Gasteiger partial charge on any atom is 0.116 e. The minimum absolute atomic E-state index is 0.361. The van der Waals surface area contributed by atoms with Gasteiger partial charge in [-0.1, -0.05) is 6.42 Å². The van der Waals surface area contributed by atoms with Gasteiger partial charge in [-0.15, -0.1) is 11.3 Å². The Hall–Kier alpha value is -1.06. The van der Waals surface area contributed by atoms with Crippen molar-refractivity contribution >= 4 is 21.4 Å². The first-order valence-corrected chi connectivity index (χ1v) is 7.07. The Morgan fingerprint density at radius 2 is 1.94 bits per heavy atom. The molecule has 0 bridgehead atoms. The van der Waals surface area contributed by atoms with E-state index in [0.29, 0.717) is 5.75 Å². The average Bonchev–Trinajstić information content (AvgIpc) is 2.71. The van der Waals surface area contributed by atoms with Crippen molar-refractivity contribution in [3.05, 3.63) is 29.1 Å². The number of phenols is 1. The fourth-order valence-corrected chi connectivity index (χ4v) is 3.59. The number of hydrogen-bond donors (Lipinski definition) is 1. The van der Waals surface area contributed by atoms with Crippen molar-refractivity contribution in [3.8, 4) is 5.75 Å². The molecule has 1 aliphatic rings. The molecule has 90 valence electrons. The lowest BCUT2D eigenvalue weighted by Crippen LogP contribution is -2.28. The van der Waals surface area contributed by atoms with Crippen molar-refractivity contribution in [1.82, 2.24) is 4.90 Å².